The Labute approximate surface area is 134 Å². The molecule has 1 aromatic carbocycles. The van der Waals surface area contributed by atoms with Crippen LogP contribution in [0.2, 0.25) is 0 Å². The van der Waals surface area contributed by atoms with Crippen molar-refractivity contribution in [2.45, 2.75) is 32.6 Å². The molecular weight excluding hydrogens is 300 g/mol. The number of nitrogens with one attached hydrogen (secondary N) is 1. The number of likely N-dealkylation sites (N-methyl/N-ethyl adjacent to an activating group) is 1. The number of nitrogens with zero attached hydrogens (tertiary/aromatic N) is 1. The second kappa shape index (κ2) is 8.68. The Morgan fingerprint density at radius 3 is 2.55 bits per heavy atom. The third kappa shape index (κ3) is 5.97. The lowest BCUT2D eigenvalue weighted by Gasteiger charge is -2.21. The van der Waals surface area contributed by atoms with E-state index in [9.17, 15) is 13.8 Å². The minimum absolute atomic E-state index is 0.0391. The molecule has 1 aromatic rings. The molecule has 0 aliphatic carbocycles. The van der Waals surface area contributed by atoms with Gasteiger partial charge < -0.3 is 10.2 Å². The Morgan fingerprint density at radius 2 is 2.00 bits per heavy atom. The van der Waals surface area contributed by atoms with Crippen molar-refractivity contribution in [2.24, 2.45) is 0 Å². The molecule has 6 heteroatoms. The fourth-order valence-corrected chi connectivity index (χ4v) is 2.73. The first-order valence-corrected chi connectivity index (χ1v) is 9.03. The van der Waals surface area contributed by atoms with Gasteiger partial charge in [-0.2, -0.15) is 0 Å². The number of carbonyl (C=O) groups excluding carboxylic acids is 2. The molecule has 0 fully saturated rings. The van der Waals surface area contributed by atoms with E-state index in [1.807, 2.05) is 26.8 Å². The molecule has 1 atom stereocenters. The monoisotopic (exact) mass is 324 g/mol. The summed E-state index contributed by atoms with van der Waals surface area (Å²) >= 11 is 0. The summed E-state index contributed by atoms with van der Waals surface area (Å²) in [5.41, 5.74) is 1.37. The lowest BCUT2D eigenvalue weighted by molar-refractivity contribution is -0.122. The Kier molecular flexibility index (Phi) is 7.24. The highest BCUT2D eigenvalue weighted by Crippen LogP contribution is 2.10. The fraction of sp³-hybridized carbons (Fsp3) is 0.500. The van der Waals surface area contributed by atoms with Crippen molar-refractivity contribution >= 4 is 22.6 Å². The van der Waals surface area contributed by atoms with Crippen LogP contribution in [0.15, 0.2) is 24.3 Å². The van der Waals surface area contributed by atoms with Crippen LogP contribution in [-0.4, -0.2) is 46.3 Å². The van der Waals surface area contributed by atoms with Gasteiger partial charge in [0.2, 0.25) is 5.91 Å². The maximum Gasteiger partial charge on any atom is 0.254 e. The minimum Gasteiger partial charge on any atom is -0.352 e. The van der Waals surface area contributed by atoms with E-state index in [-0.39, 0.29) is 24.4 Å². The summed E-state index contributed by atoms with van der Waals surface area (Å²) in [6.45, 7) is 6.09. The van der Waals surface area contributed by atoms with Gasteiger partial charge in [0.05, 0.1) is 6.54 Å². The van der Waals surface area contributed by atoms with Crippen LogP contribution in [0.5, 0.6) is 0 Å². The molecule has 0 aromatic heterocycles. The summed E-state index contributed by atoms with van der Waals surface area (Å²) in [7, 11) is -0.955. The highest BCUT2D eigenvalue weighted by atomic mass is 32.2. The maximum atomic E-state index is 12.5. The van der Waals surface area contributed by atoms with Gasteiger partial charge in [-0.3, -0.25) is 13.8 Å². The SMILES string of the molecule is CCN(CC(=O)NC(C)C)C(=O)c1cccc(CS(C)=O)c1. The van der Waals surface area contributed by atoms with E-state index < -0.39 is 10.8 Å². The van der Waals surface area contributed by atoms with Gasteiger partial charge in [-0.25, -0.2) is 0 Å². The highest BCUT2D eigenvalue weighted by Gasteiger charge is 2.18. The van der Waals surface area contributed by atoms with E-state index in [1.165, 1.54) is 4.90 Å². The smallest absolute Gasteiger partial charge is 0.254 e. The van der Waals surface area contributed by atoms with Gasteiger partial charge in [-0.15, -0.1) is 0 Å². The van der Waals surface area contributed by atoms with E-state index in [4.69, 9.17) is 0 Å². The molecule has 1 N–H and O–H groups in total. The number of amides is 2. The first kappa shape index (κ1) is 18.4. The van der Waals surface area contributed by atoms with Gasteiger partial charge in [-0.05, 0) is 38.5 Å². The lowest BCUT2D eigenvalue weighted by atomic mass is 10.1. The highest BCUT2D eigenvalue weighted by molar-refractivity contribution is 7.83. The molecule has 0 bridgehead atoms. The first-order chi connectivity index (χ1) is 10.3. The molecule has 0 aliphatic rings. The number of carbonyl (C=O) groups is 2. The van der Waals surface area contributed by atoms with Gasteiger partial charge in [-0.1, -0.05) is 12.1 Å². The summed E-state index contributed by atoms with van der Waals surface area (Å²) in [6, 6.07) is 7.13. The summed E-state index contributed by atoms with van der Waals surface area (Å²) in [6.07, 6.45) is 1.63. The zero-order valence-electron chi connectivity index (χ0n) is 13.6. The van der Waals surface area contributed by atoms with Crippen LogP contribution in [-0.2, 0) is 21.3 Å². The third-order valence-electron chi connectivity index (χ3n) is 3.00. The molecule has 0 saturated carbocycles. The Bertz CT molecular complexity index is 558. The van der Waals surface area contributed by atoms with Gasteiger partial charge in [0.25, 0.3) is 5.91 Å². The topological polar surface area (TPSA) is 66.5 Å². The second-order valence-corrected chi connectivity index (χ2v) is 6.89. The van der Waals surface area contributed by atoms with Crippen molar-refractivity contribution in [1.29, 1.82) is 0 Å². The van der Waals surface area contributed by atoms with E-state index in [0.717, 1.165) is 5.56 Å². The molecule has 122 valence electrons. The van der Waals surface area contributed by atoms with Crippen LogP contribution >= 0.6 is 0 Å². The van der Waals surface area contributed by atoms with E-state index in [1.54, 1.807) is 24.5 Å². The molecule has 5 nitrogen and oxygen atoms in total. The van der Waals surface area contributed by atoms with Crippen molar-refractivity contribution in [1.82, 2.24) is 10.2 Å². The van der Waals surface area contributed by atoms with Crippen LogP contribution in [0.4, 0.5) is 0 Å². The van der Waals surface area contributed by atoms with Gasteiger partial charge >= 0.3 is 0 Å². The Morgan fingerprint density at radius 1 is 1.32 bits per heavy atom. The average molecular weight is 324 g/mol. The minimum atomic E-state index is -0.955. The second-order valence-electron chi connectivity index (χ2n) is 5.46. The van der Waals surface area contributed by atoms with E-state index in [0.29, 0.717) is 17.9 Å². The van der Waals surface area contributed by atoms with E-state index >= 15 is 0 Å². The zero-order valence-corrected chi connectivity index (χ0v) is 14.4. The quantitative estimate of drug-likeness (QED) is 0.827. The van der Waals surface area contributed by atoms with Crippen molar-refractivity contribution in [2.75, 3.05) is 19.3 Å². The van der Waals surface area contributed by atoms with Gasteiger partial charge in [0, 0.05) is 41.0 Å². The van der Waals surface area contributed by atoms with E-state index in [2.05, 4.69) is 5.32 Å². The van der Waals surface area contributed by atoms with Crippen LogP contribution in [0.3, 0.4) is 0 Å². The number of hydrogen-bond acceptors (Lipinski definition) is 3. The maximum absolute atomic E-state index is 12.5. The summed E-state index contributed by atoms with van der Waals surface area (Å²) in [5.74, 6) is 0.0577. The molecule has 1 rings (SSSR count). The Balaban J connectivity index is 2.83. The predicted molar refractivity (Wildman–Crippen MR) is 89.1 cm³/mol. The fourth-order valence-electron chi connectivity index (χ4n) is 2.08. The van der Waals surface area contributed by atoms with Crippen molar-refractivity contribution in [3.05, 3.63) is 35.4 Å². The van der Waals surface area contributed by atoms with Crippen molar-refractivity contribution in [3.63, 3.8) is 0 Å². The van der Waals surface area contributed by atoms with Crippen molar-refractivity contribution in [3.8, 4) is 0 Å². The predicted octanol–water partition coefficient (Wildman–Crippen LogP) is 1.55. The van der Waals surface area contributed by atoms with Gasteiger partial charge in [0.1, 0.15) is 0 Å². The molecular formula is C16H24N2O3S. The van der Waals surface area contributed by atoms with Crippen LogP contribution < -0.4 is 5.32 Å². The first-order valence-electron chi connectivity index (χ1n) is 7.31. The van der Waals surface area contributed by atoms with Crippen LogP contribution in [0, 0.1) is 0 Å². The Hall–Kier alpha value is -1.69. The molecule has 0 spiro atoms. The molecule has 2 amide bonds. The number of hydrogen-bond donors (Lipinski definition) is 1. The van der Waals surface area contributed by atoms with Crippen LogP contribution in [0.1, 0.15) is 36.7 Å². The largest absolute Gasteiger partial charge is 0.352 e. The third-order valence-corrected chi connectivity index (χ3v) is 3.74. The summed E-state index contributed by atoms with van der Waals surface area (Å²) in [5, 5.41) is 2.78. The molecule has 0 aliphatic heterocycles. The van der Waals surface area contributed by atoms with Crippen LogP contribution in [0.25, 0.3) is 0 Å². The zero-order chi connectivity index (χ0) is 16.7. The van der Waals surface area contributed by atoms with Crippen molar-refractivity contribution < 1.29 is 13.8 Å². The lowest BCUT2D eigenvalue weighted by Crippen LogP contribution is -2.42. The van der Waals surface area contributed by atoms with Gasteiger partial charge in [0.15, 0.2) is 0 Å². The molecule has 0 heterocycles. The number of rotatable bonds is 7. The normalized spacial score (nSPS) is 12.0. The summed E-state index contributed by atoms with van der Waals surface area (Å²) < 4.78 is 11.3. The number of benzene rings is 1. The standard InChI is InChI=1S/C16H24N2O3S/c1-5-18(10-15(19)17-12(2)3)16(20)14-8-6-7-13(9-14)11-22(4)21/h6-9,12H,5,10-11H2,1-4H3,(H,17,19). The molecule has 0 radical (unpaired) electrons. The average Bonchev–Trinajstić information content (AvgIpc) is 2.42. The summed E-state index contributed by atoms with van der Waals surface area (Å²) in [4.78, 5) is 25.8. The molecule has 22 heavy (non-hydrogen) atoms. The molecule has 0 saturated heterocycles. The molecule has 1 unspecified atom stereocenters.